The highest BCUT2D eigenvalue weighted by Crippen LogP contribution is 2.24. The molecule has 5 heteroatoms. The number of hydrogen-bond donors (Lipinski definition) is 3. The first-order valence-electron chi connectivity index (χ1n) is 4.07. The quantitative estimate of drug-likeness (QED) is 0.456. The lowest BCUT2D eigenvalue weighted by molar-refractivity contribution is -0.477. The third kappa shape index (κ3) is 2.81. The summed E-state index contributed by atoms with van der Waals surface area (Å²) < 4.78 is 5.02. The van der Waals surface area contributed by atoms with Crippen molar-refractivity contribution in [2.75, 3.05) is 7.11 Å². The minimum absolute atomic E-state index is 0.192. The van der Waals surface area contributed by atoms with E-state index in [0.29, 0.717) is 17.3 Å². The van der Waals surface area contributed by atoms with Crippen molar-refractivity contribution in [2.24, 2.45) is 11.5 Å². The fourth-order valence-corrected chi connectivity index (χ4v) is 1.30. The summed E-state index contributed by atoms with van der Waals surface area (Å²) in [6.45, 7) is 0.548. The van der Waals surface area contributed by atoms with Gasteiger partial charge in [0.1, 0.15) is 5.75 Å². The molecular formula is C9H13ClN3O+. The summed E-state index contributed by atoms with van der Waals surface area (Å²) in [5.74, 6) is 0.844. The second kappa shape index (κ2) is 4.72. The van der Waals surface area contributed by atoms with Gasteiger partial charge in [0, 0.05) is 0 Å². The van der Waals surface area contributed by atoms with Gasteiger partial charge in [-0.2, -0.15) is 0 Å². The minimum atomic E-state index is 0.192. The minimum Gasteiger partial charge on any atom is -0.495 e. The van der Waals surface area contributed by atoms with E-state index in [0.717, 1.165) is 5.56 Å². The van der Waals surface area contributed by atoms with Crippen molar-refractivity contribution in [3.63, 3.8) is 0 Å². The fourth-order valence-electron chi connectivity index (χ4n) is 1.02. The maximum Gasteiger partial charge on any atom is 0.339 e. The summed E-state index contributed by atoms with van der Waals surface area (Å²) in [5, 5.41) is 0.572. The van der Waals surface area contributed by atoms with E-state index >= 15 is 0 Å². The van der Waals surface area contributed by atoms with Crippen LogP contribution in [0.25, 0.3) is 0 Å². The number of nitrogens with one attached hydrogen (secondary N) is 1. The molecule has 0 saturated carbocycles. The zero-order valence-electron chi connectivity index (χ0n) is 7.88. The molecule has 0 spiro atoms. The Morgan fingerprint density at radius 2 is 2.21 bits per heavy atom. The lowest BCUT2D eigenvalue weighted by Crippen LogP contribution is -2.76. The molecule has 0 fully saturated rings. The molecule has 14 heavy (non-hydrogen) atoms. The van der Waals surface area contributed by atoms with Crippen LogP contribution >= 0.6 is 11.6 Å². The van der Waals surface area contributed by atoms with E-state index in [9.17, 15) is 0 Å². The van der Waals surface area contributed by atoms with Crippen LogP contribution in [-0.4, -0.2) is 13.1 Å². The van der Waals surface area contributed by atoms with Gasteiger partial charge in [-0.1, -0.05) is 17.7 Å². The topological polar surface area (TPSA) is 75.2 Å². The molecular weight excluding hydrogens is 202 g/mol. The molecule has 0 unspecified atom stereocenters. The number of guanidine groups is 1. The van der Waals surface area contributed by atoms with Gasteiger partial charge in [0.15, 0.2) is 0 Å². The largest absolute Gasteiger partial charge is 0.495 e. The number of methoxy groups -OCH3 is 1. The first kappa shape index (κ1) is 10.7. The van der Waals surface area contributed by atoms with E-state index in [1.807, 2.05) is 6.07 Å². The van der Waals surface area contributed by atoms with Gasteiger partial charge >= 0.3 is 5.96 Å². The summed E-state index contributed by atoms with van der Waals surface area (Å²) in [6.07, 6.45) is 0. The molecule has 1 aromatic carbocycles. The molecule has 0 aromatic heterocycles. The maximum absolute atomic E-state index is 5.92. The molecule has 0 bridgehead atoms. The summed E-state index contributed by atoms with van der Waals surface area (Å²) in [4.78, 5) is 2.80. The van der Waals surface area contributed by atoms with Crippen LogP contribution in [0.5, 0.6) is 5.75 Å². The van der Waals surface area contributed by atoms with Crippen LogP contribution in [0.15, 0.2) is 18.2 Å². The van der Waals surface area contributed by atoms with E-state index in [1.54, 1.807) is 19.2 Å². The number of halogens is 1. The molecule has 0 heterocycles. The summed E-state index contributed by atoms with van der Waals surface area (Å²) >= 11 is 5.92. The van der Waals surface area contributed by atoms with E-state index in [1.165, 1.54) is 0 Å². The van der Waals surface area contributed by atoms with Crippen molar-refractivity contribution in [2.45, 2.75) is 6.54 Å². The van der Waals surface area contributed by atoms with E-state index in [4.69, 9.17) is 27.8 Å². The van der Waals surface area contributed by atoms with Crippen LogP contribution in [0.4, 0.5) is 0 Å². The molecule has 0 aliphatic carbocycles. The predicted octanol–water partition coefficient (Wildman–Crippen LogP) is -0.797. The van der Waals surface area contributed by atoms with Gasteiger partial charge in [-0.05, 0) is 17.7 Å². The Labute approximate surface area is 87.5 Å². The SMILES string of the molecule is COc1ccc(C[NH+]=C(N)N)cc1Cl. The van der Waals surface area contributed by atoms with E-state index in [-0.39, 0.29) is 5.96 Å². The average Bonchev–Trinajstić information content (AvgIpc) is 2.15. The van der Waals surface area contributed by atoms with E-state index < -0.39 is 0 Å². The van der Waals surface area contributed by atoms with E-state index in [2.05, 4.69) is 4.99 Å². The number of nitrogens with two attached hydrogens (primary N) is 2. The molecule has 76 valence electrons. The molecule has 0 amide bonds. The van der Waals surface area contributed by atoms with Gasteiger partial charge in [-0.15, -0.1) is 0 Å². The monoisotopic (exact) mass is 214 g/mol. The molecule has 4 nitrogen and oxygen atoms in total. The van der Waals surface area contributed by atoms with Gasteiger partial charge in [0.2, 0.25) is 0 Å². The lowest BCUT2D eigenvalue weighted by atomic mass is 10.2. The first-order valence-corrected chi connectivity index (χ1v) is 4.45. The second-order valence-corrected chi connectivity index (χ2v) is 3.18. The standard InChI is InChI=1S/C9H12ClN3O/c1-14-8-3-2-6(4-7(8)10)5-13-9(11)12/h2-4H,5H2,1H3,(H4,11,12,13)/p+1. The van der Waals surface area contributed by atoms with Crippen molar-refractivity contribution in [1.29, 1.82) is 0 Å². The Balaban J connectivity index is 2.81. The normalized spacial score (nSPS) is 9.57. The van der Waals surface area contributed by atoms with Gasteiger partial charge in [-0.25, -0.2) is 0 Å². The van der Waals surface area contributed by atoms with Crippen molar-refractivity contribution in [1.82, 2.24) is 0 Å². The van der Waals surface area contributed by atoms with Crippen LogP contribution in [0.1, 0.15) is 5.56 Å². The molecule has 1 rings (SSSR count). The molecule has 1 aromatic rings. The number of ether oxygens (including phenoxy) is 1. The van der Waals surface area contributed by atoms with Crippen molar-refractivity contribution >= 4 is 17.6 Å². The van der Waals surface area contributed by atoms with Crippen molar-refractivity contribution in [3.05, 3.63) is 28.8 Å². The number of rotatable bonds is 3. The van der Waals surface area contributed by atoms with Crippen LogP contribution < -0.4 is 21.2 Å². The maximum atomic E-state index is 5.92. The van der Waals surface area contributed by atoms with Crippen molar-refractivity contribution < 1.29 is 9.73 Å². The van der Waals surface area contributed by atoms with Crippen molar-refractivity contribution in [3.8, 4) is 5.75 Å². The summed E-state index contributed by atoms with van der Waals surface area (Å²) in [6, 6.07) is 5.49. The second-order valence-electron chi connectivity index (χ2n) is 2.78. The third-order valence-corrected chi connectivity index (χ3v) is 2.01. The zero-order valence-corrected chi connectivity index (χ0v) is 8.64. The molecule has 0 aliphatic rings. The molecule has 0 aliphatic heterocycles. The molecule has 5 N–H and O–H groups in total. The van der Waals surface area contributed by atoms with Crippen LogP contribution in [0, 0.1) is 0 Å². The summed E-state index contributed by atoms with van der Waals surface area (Å²) in [5.41, 5.74) is 11.5. The van der Waals surface area contributed by atoms with Crippen LogP contribution in [-0.2, 0) is 6.54 Å². The van der Waals surface area contributed by atoms with Gasteiger partial charge in [-0.3, -0.25) is 16.5 Å². The Morgan fingerprint density at radius 3 is 2.71 bits per heavy atom. The predicted molar refractivity (Wildman–Crippen MR) is 56.1 cm³/mol. The van der Waals surface area contributed by atoms with Gasteiger partial charge in [0.05, 0.1) is 18.7 Å². The Kier molecular flexibility index (Phi) is 3.59. The fraction of sp³-hybridized carbons (Fsp3) is 0.222. The Bertz CT molecular complexity index is 348. The highest BCUT2D eigenvalue weighted by atomic mass is 35.5. The zero-order chi connectivity index (χ0) is 10.6. The Hall–Kier alpha value is -1.42. The highest BCUT2D eigenvalue weighted by molar-refractivity contribution is 6.32. The molecule has 0 atom stereocenters. The average molecular weight is 215 g/mol. The van der Waals surface area contributed by atoms with Crippen LogP contribution in [0.3, 0.4) is 0 Å². The lowest BCUT2D eigenvalue weighted by Gasteiger charge is -2.03. The number of hydrogen-bond acceptors (Lipinski definition) is 1. The Morgan fingerprint density at radius 1 is 1.50 bits per heavy atom. The first-order chi connectivity index (χ1) is 6.63. The van der Waals surface area contributed by atoms with Crippen LogP contribution in [0.2, 0.25) is 5.02 Å². The molecule has 0 radical (unpaired) electrons. The number of benzene rings is 1. The highest BCUT2D eigenvalue weighted by Gasteiger charge is 2.01. The molecule has 0 saturated heterocycles. The van der Waals surface area contributed by atoms with Gasteiger partial charge < -0.3 is 4.74 Å². The summed E-state index contributed by atoms with van der Waals surface area (Å²) in [7, 11) is 1.57. The van der Waals surface area contributed by atoms with Gasteiger partial charge in [0.25, 0.3) is 0 Å². The smallest absolute Gasteiger partial charge is 0.339 e. The third-order valence-electron chi connectivity index (χ3n) is 1.71.